The summed E-state index contributed by atoms with van der Waals surface area (Å²) in [6.45, 7) is 9.44. The van der Waals surface area contributed by atoms with Crippen LogP contribution in [0.25, 0.3) is 0 Å². The maximum Gasteiger partial charge on any atom is 0.191 e. The molecule has 0 spiro atoms. The summed E-state index contributed by atoms with van der Waals surface area (Å²) in [6, 6.07) is 1.38. The van der Waals surface area contributed by atoms with Gasteiger partial charge in [0.05, 0.1) is 0 Å². The first kappa shape index (κ1) is 22.5. The van der Waals surface area contributed by atoms with Crippen LogP contribution in [0, 0.1) is 6.92 Å². The molecule has 154 valence electrons. The lowest BCUT2D eigenvalue weighted by Gasteiger charge is -2.24. The zero-order valence-electron chi connectivity index (χ0n) is 17.0. The molecule has 2 aliphatic rings. The van der Waals surface area contributed by atoms with E-state index in [1.165, 1.54) is 45.2 Å². The Morgan fingerprint density at radius 3 is 2.78 bits per heavy atom. The van der Waals surface area contributed by atoms with Crippen molar-refractivity contribution >= 4 is 29.9 Å². The van der Waals surface area contributed by atoms with Crippen LogP contribution in [0.15, 0.2) is 17.4 Å². The molecule has 0 amide bonds. The van der Waals surface area contributed by atoms with Crippen molar-refractivity contribution in [2.45, 2.75) is 77.4 Å². The van der Waals surface area contributed by atoms with Gasteiger partial charge in [0.25, 0.3) is 0 Å². The van der Waals surface area contributed by atoms with Crippen LogP contribution in [0.2, 0.25) is 0 Å². The number of likely N-dealkylation sites (tertiary alicyclic amines) is 1. The zero-order valence-corrected chi connectivity index (χ0v) is 19.3. The Kier molecular flexibility index (Phi) is 9.89. The number of aromatic nitrogens is 2. The van der Waals surface area contributed by atoms with Crippen LogP contribution >= 0.6 is 24.0 Å². The van der Waals surface area contributed by atoms with Crippen LogP contribution in [0.5, 0.6) is 0 Å². The summed E-state index contributed by atoms with van der Waals surface area (Å²) in [6.07, 6.45) is 13.0. The van der Waals surface area contributed by atoms with Crippen LogP contribution in [0.1, 0.15) is 57.7 Å². The molecule has 1 aliphatic heterocycles. The Bertz CT molecular complexity index is 567. The molecule has 1 aromatic rings. The Labute approximate surface area is 181 Å². The van der Waals surface area contributed by atoms with Gasteiger partial charge >= 0.3 is 0 Å². The van der Waals surface area contributed by atoms with Crippen LogP contribution in [-0.2, 0) is 6.54 Å². The number of hydrogen-bond donors (Lipinski definition) is 2. The molecule has 2 fully saturated rings. The molecular formula is C20H37IN6. The average Bonchev–Trinajstić information content (AvgIpc) is 3.37. The summed E-state index contributed by atoms with van der Waals surface area (Å²) in [4.78, 5) is 11.8. The first-order chi connectivity index (χ1) is 12.8. The molecule has 3 rings (SSSR count). The maximum absolute atomic E-state index is 4.79. The van der Waals surface area contributed by atoms with E-state index in [1.807, 2.05) is 6.20 Å². The highest BCUT2D eigenvalue weighted by Gasteiger charge is 2.30. The molecule has 27 heavy (non-hydrogen) atoms. The van der Waals surface area contributed by atoms with Crippen LogP contribution in [0.4, 0.5) is 0 Å². The number of rotatable bonds is 8. The van der Waals surface area contributed by atoms with Crippen molar-refractivity contribution in [1.82, 2.24) is 25.1 Å². The minimum Gasteiger partial charge on any atom is -0.357 e. The smallest absolute Gasteiger partial charge is 0.191 e. The number of aliphatic imine (C=N–C) groups is 1. The zero-order chi connectivity index (χ0) is 18.2. The molecule has 1 aromatic heterocycles. The molecule has 2 heterocycles. The summed E-state index contributed by atoms with van der Waals surface area (Å²) < 4.78 is 2.21. The third-order valence-corrected chi connectivity index (χ3v) is 5.75. The van der Waals surface area contributed by atoms with Gasteiger partial charge in [-0.25, -0.2) is 4.98 Å². The molecule has 1 saturated heterocycles. The number of unbranched alkanes of at least 4 members (excludes halogenated alkanes) is 1. The fraction of sp³-hybridized carbons (Fsp3) is 0.800. The predicted molar refractivity (Wildman–Crippen MR) is 123 cm³/mol. The fourth-order valence-electron chi connectivity index (χ4n) is 4.24. The second-order valence-corrected chi connectivity index (χ2v) is 7.70. The van der Waals surface area contributed by atoms with E-state index in [9.17, 15) is 0 Å². The highest BCUT2D eigenvalue weighted by atomic mass is 127. The van der Waals surface area contributed by atoms with E-state index < -0.39 is 0 Å². The van der Waals surface area contributed by atoms with E-state index in [2.05, 4.69) is 45.1 Å². The fourth-order valence-corrected chi connectivity index (χ4v) is 4.24. The van der Waals surface area contributed by atoms with Crippen molar-refractivity contribution in [2.75, 3.05) is 26.2 Å². The van der Waals surface area contributed by atoms with Crippen molar-refractivity contribution in [1.29, 1.82) is 0 Å². The van der Waals surface area contributed by atoms with Gasteiger partial charge in [0.1, 0.15) is 5.82 Å². The summed E-state index contributed by atoms with van der Waals surface area (Å²) >= 11 is 0. The van der Waals surface area contributed by atoms with Gasteiger partial charge in [-0.1, -0.05) is 12.8 Å². The van der Waals surface area contributed by atoms with Gasteiger partial charge in [0, 0.05) is 57.2 Å². The molecule has 6 nitrogen and oxygen atoms in total. The largest absolute Gasteiger partial charge is 0.357 e. The van der Waals surface area contributed by atoms with Gasteiger partial charge < -0.3 is 15.2 Å². The molecule has 7 heteroatoms. The van der Waals surface area contributed by atoms with Gasteiger partial charge in [-0.15, -0.1) is 24.0 Å². The van der Waals surface area contributed by atoms with Crippen LogP contribution in [0.3, 0.4) is 0 Å². The standard InChI is InChI=1S/C20H36N6.HI/c1-3-21-20(23-11-6-7-13-25-15-12-22-17(25)2)24-18-10-14-26(16-18)19-8-4-5-9-19;/h12,15,18-19H,3-11,13-14,16H2,1-2H3,(H2,21,23,24);1H. The van der Waals surface area contributed by atoms with Crippen molar-refractivity contribution in [3.05, 3.63) is 18.2 Å². The van der Waals surface area contributed by atoms with Gasteiger partial charge in [-0.3, -0.25) is 9.89 Å². The van der Waals surface area contributed by atoms with Gasteiger partial charge in [-0.2, -0.15) is 0 Å². The molecule has 1 aliphatic carbocycles. The normalized spacial score (nSPS) is 21.4. The number of nitrogens with zero attached hydrogens (tertiary/aromatic N) is 4. The Hall–Kier alpha value is -0.830. The topological polar surface area (TPSA) is 57.5 Å². The summed E-state index contributed by atoms with van der Waals surface area (Å²) in [5.74, 6) is 2.08. The SMILES string of the molecule is CCNC(=NCCCCn1ccnc1C)NC1CCN(C2CCCC2)C1.I. The van der Waals surface area contributed by atoms with Crippen molar-refractivity contribution in [3.8, 4) is 0 Å². The molecule has 0 aromatic carbocycles. The van der Waals surface area contributed by atoms with Crippen LogP contribution in [-0.4, -0.2) is 58.7 Å². The second-order valence-electron chi connectivity index (χ2n) is 7.70. The third kappa shape index (κ3) is 6.93. The second kappa shape index (κ2) is 11.9. The summed E-state index contributed by atoms with van der Waals surface area (Å²) in [5.41, 5.74) is 0. The highest BCUT2D eigenvalue weighted by molar-refractivity contribution is 14.0. The Morgan fingerprint density at radius 2 is 2.07 bits per heavy atom. The lowest BCUT2D eigenvalue weighted by molar-refractivity contribution is 0.242. The maximum atomic E-state index is 4.79. The lowest BCUT2D eigenvalue weighted by atomic mass is 10.2. The number of nitrogens with one attached hydrogen (secondary N) is 2. The number of imidazole rings is 1. The molecule has 1 atom stereocenters. The first-order valence-electron chi connectivity index (χ1n) is 10.5. The van der Waals surface area contributed by atoms with E-state index in [-0.39, 0.29) is 24.0 Å². The predicted octanol–water partition coefficient (Wildman–Crippen LogP) is 3.16. The van der Waals surface area contributed by atoms with Gasteiger partial charge in [0.15, 0.2) is 5.96 Å². The first-order valence-corrected chi connectivity index (χ1v) is 10.5. The molecule has 0 radical (unpaired) electrons. The average molecular weight is 488 g/mol. The lowest BCUT2D eigenvalue weighted by Crippen LogP contribution is -2.45. The number of halogens is 1. The number of guanidine groups is 1. The quantitative estimate of drug-likeness (QED) is 0.256. The van der Waals surface area contributed by atoms with Crippen molar-refractivity contribution in [2.24, 2.45) is 4.99 Å². The number of hydrogen-bond acceptors (Lipinski definition) is 3. The minimum absolute atomic E-state index is 0. The van der Waals surface area contributed by atoms with Crippen molar-refractivity contribution < 1.29 is 0 Å². The Balaban J connectivity index is 0.00000261. The van der Waals surface area contributed by atoms with E-state index in [4.69, 9.17) is 4.99 Å². The molecule has 2 N–H and O–H groups in total. The molecule has 1 unspecified atom stereocenters. The van der Waals surface area contributed by atoms with E-state index in [0.717, 1.165) is 50.3 Å². The highest BCUT2D eigenvalue weighted by Crippen LogP contribution is 2.26. The monoisotopic (exact) mass is 488 g/mol. The van der Waals surface area contributed by atoms with Crippen LogP contribution < -0.4 is 10.6 Å². The number of aryl methyl sites for hydroxylation is 2. The van der Waals surface area contributed by atoms with E-state index in [1.54, 1.807) is 0 Å². The third-order valence-electron chi connectivity index (χ3n) is 5.75. The molecular weight excluding hydrogens is 451 g/mol. The summed E-state index contributed by atoms with van der Waals surface area (Å²) in [7, 11) is 0. The van der Waals surface area contributed by atoms with E-state index in [0.29, 0.717) is 6.04 Å². The minimum atomic E-state index is 0. The molecule has 1 saturated carbocycles. The Morgan fingerprint density at radius 1 is 1.26 bits per heavy atom. The summed E-state index contributed by atoms with van der Waals surface area (Å²) in [5, 5.41) is 7.08. The van der Waals surface area contributed by atoms with Gasteiger partial charge in [0.2, 0.25) is 0 Å². The van der Waals surface area contributed by atoms with Gasteiger partial charge in [-0.05, 0) is 46.0 Å². The van der Waals surface area contributed by atoms with E-state index >= 15 is 0 Å². The van der Waals surface area contributed by atoms with Crippen molar-refractivity contribution in [3.63, 3.8) is 0 Å². The molecule has 0 bridgehead atoms.